The summed E-state index contributed by atoms with van der Waals surface area (Å²) in [6.45, 7) is 1.98. The van der Waals surface area contributed by atoms with Crippen molar-refractivity contribution in [1.29, 1.82) is 0 Å². The molecule has 1 saturated heterocycles. The summed E-state index contributed by atoms with van der Waals surface area (Å²) in [5.74, 6) is 2.55. The lowest BCUT2D eigenvalue weighted by molar-refractivity contribution is 0.530. The van der Waals surface area contributed by atoms with Crippen LogP contribution in [0.4, 0.5) is 11.9 Å². The molecule has 100 valence electrons. The fraction of sp³-hybridized carbons (Fsp3) is 0.417. The fourth-order valence-corrected chi connectivity index (χ4v) is 2.75. The maximum absolute atomic E-state index is 5.75. The molecule has 1 aliphatic heterocycles. The molecule has 0 saturated carbocycles. The van der Waals surface area contributed by atoms with E-state index < -0.39 is 0 Å². The van der Waals surface area contributed by atoms with Crippen LogP contribution in [0.25, 0.3) is 0 Å². The molecular weight excluding hydrogens is 262 g/mol. The van der Waals surface area contributed by atoms with E-state index in [2.05, 4.69) is 19.9 Å². The van der Waals surface area contributed by atoms with Gasteiger partial charge in [-0.25, -0.2) is 0 Å². The third-order valence-corrected chi connectivity index (χ3v) is 3.80. The number of aromatic nitrogens is 3. The van der Waals surface area contributed by atoms with E-state index in [4.69, 9.17) is 10.2 Å². The Bertz CT molecular complexity index is 539. The number of hydrogen-bond acceptors (Lipinski definition) is 7. The average molecular weight is 277 g/mol. The molecule has 1 fully saturated rings. The molecule has 19 heavy (non-hydrogen) atoms. The monoisotopic (exact) mass is 277 g/mol. The summed E-state index contributed by atoms with van der Waals surface area (Å²) >= 11 is 1.50. The highest BCUT2D eigenvalue weighted by Gasteiger charge is 2.17. The van der Waals surface area contributed by atoms with Crippen LogP contribution in [-0.4, -0.2) is 28.0 Å². The molecule has 1 aliphatic rings. The van der Waals surface area contributed by atoms with Crippen LogP contribution in [0.2, 0.25) is 0 Å². The van der Waals surface area contributed by atoms with Gasteiger partial charge < -0.3 is 15.1 Å². The van der Waals surface area contributed by atoms with Crippen LogP contribution < -0.4 is 10.6 Å². The zero-order valence-corrected chi connectivity index (χ0v) is 11.3. The second-order valence-corrected chi connectivity index (χ2v) is 5.28. The third kappa shape index (κ3) is 2.98. The number of hydrogen-bond donors (Lipinski definition) is 1. The number of rotatable bonds is 4. The molecule has 0 bridgehead atoms. The van der Waals surface area contributed by atoms with Gasteiger partial charge >= 0.3 is 0 Å². The summed E-state index contributed by atoms with van der Waals surface area (Å²) in [6.07, 6.45) is 4.02. The number of nitrogens with two attached hydrogens (primary N) is 1. The van der Waals surface area contributed by atoms with Gasteiger partial charge in [0.2, 0.25) is 11.9 Å². The van der Waals surface area contributed by atoms with Gasteiger partial charge in [0.25, 0.3) is 0 Å². The second-order valence-electron chi connectivity index (χ2n) is 4.34. The molecule has 0 spiro atoms. The van der Waals surface area contributed by atoms with Crippen molar-refractivity contribution in [3.8, 4) is 0 Å². The van der Waals surface area contributed by atoms with Crippen molar-refractivity contribution in [3.63, 3.8) is 0 Å². The molecule has 0 radical (unpaired) electrons. The number of furan rings is 1. The zero-order valence-electron chi connectivity index (χ0n) is 10.5. The van der Waals surface area contributed by atoms with Gasteiger partial charge in [0.05, 0.1) is 12.0 Å². The van der Waals surface area contributed by atoms with Crippen molar-refractivity contribution in [1.82, 2.24) is 15.0 Å². The van der Waals surface area contributed by atoms with E-state index in [1.165, 1.54) is 24.6 Å². The van der Waals surface area contributed by atoms with Crippen molar-refractivity contribution < 1.29 is 4.42 Å². The van der Waals surface area contributed by atoms with Crippen molar-refractivity contribution >= 4 is 23.7 Å². The van der Waals surface area contributed by atoms with Crippen LogP contribution in [0, 0.1) is 0 Å². The summed E-state index contributed by atoms with van der Waals surface area (Å²) in [7, 11) is 0. The van der Waals surface area contributed by atoms with Crippen LogP contribution >= 0.6 is 11.8 Å². The van der Waals surface area contributed by atoms with Gasteiger partial charge in [-0.3, -0.25) is 0 Å². The Hall–Kier alpha value is -1.76. The Morgan fingerprint density at radius 3 is 2.84 bits per heavy atom. The largest absolute Gasteiger partial charge is 0.468 e. The first-order valence-electron chi connectivity index (χ1n) is 6.23. The fourth-order valence-electron chi connectivity index (χ4n) is 2.01. The van der Waals surface area contributed by atoms with Crippen molar-refractivity contribution in [2.75, 3.05) is 23.7 Å². The molecular formula is C12H15N5OS. The van der Waals surface area contributed by atoms with E-state index in [0.717, 1.165) is 18.8 Å². The Balaban J connectivity index is 1.73. The minimum absolute atomic E-state index is 0.277. The van der Waals surface area contributed by atoms with Crippen LogP contribution in [0.5, 0.6) is 0 Å². The molecule has 2 N–H and O–H groups in total. The highest BCUT2D eigenvalue weighted by molar-refractivity contribution is 7.98. The van der Waals surface area contributed by atoms with Gasteiger partial charge in [0, 0.05) is 13.1 Å². The third-order valence-electron chi connectivity index (χ3n) is 2.93. The van der Waals surface area contributed by atoms with Crippen LogP contribution in [0.1, 0.15) is 18.6 Å². The Kier molecular flexibility index (Phi) is 3.54. The van der Waals surface area contributed by atoms with E-state index in [0.29, 0.717) is 16.9 Å². The summed E-state index contributed by atoms with van der Waals surface area (Å²) < 4.78 is 5.28. The summed E-state index contributed by atoms with van der Waals surface area (Å²) in [6, 6.07) is 3.80. The predicted octanol–water partition coefficient (Wildman–Crippen LogP) is 1.94. The topological polar surface area (TPSA) is 81.1 Å². The summed E-state index contributed by atoms with van der Waals surface area (Å²) in [4.78, 5) is 15.0. The Morgan fingerprint density at radius 2 is 2.11 bits per heavy atom. The van der Waals surface area contributed by atoms with Crippen LogP contribution in [0.3, 0.4) is 0 Å². The van der Waals surface area contributed by atoms with E-state index in [1.54, 1.807) is 6.26 Å². The SMILES string of the molecule is Nc1nc(SCc2ccco2)nc(N2CCCC2)n1. The number of nitrogen functional groups attached to an aromatic ring is 1. The average Bonchev–Trinajstić information content (AvgIpc) is 3.09. The van der Waals surface area contributed by atoms with E-state index in [1.807, 2.05) is 12.1 Å². The van der Waals surface area contributed by atoms with Crippen LogP contribution in [0.15, 0.2) is 28.0 Å². The second kappa shape index (κ2) is 5.48. The Morgan fingerprint density at radius 1 is 1.26 bits per heavy atom. The molecule has 0 aliphatic carbocycles. The summed E-state index contributed by atoms with van der Waals surface area (Å²) in [5, 5.41) is 0.644. The number of thioether (sulfide) groups is 1. The van der Waals surface area contributed by atoms with Crippen molar-refractivity contribution in [2.45, 2.75) is 23.8 Å². The van der Waals surface area contributed by atoms with Crippen molar-refractivity contribution in [2.24, 2.45) is 0 Å². The lowest BCUT2D eigenvalue weighted by atomic mass is 10.4. The van der Waals surface area contributed by atoms with E-state index in [-0.39, 0.29) is 5.95 Å². The first kappa shape index (κ1) is 12.3. The summed E-state index contributed by atoms with van der Waals surface area (Å²) in [5.41, 5.74) is 5.75. The number of anilines is 2. The standard InChI is InChI=1S/C12H15N5OS/c13-10-14-11(17-5-1-2-6-17)16-12(15-10)19-8-9-4-3-7-18-9/h3-4,7H,1-2,5-6,8H2,(H2,13,14,15,16). The van der Waals surface area contributed by atoms with Gasteiger partial charge in [-0.1, -0.05) is 11.8 Å². The highest BCUT2D eigenvalue weighted by Crippen LogP contribution is 2.23. The van der Waals surface area contributed by atoms with E-state index >= 15 is 0 Å². The van der Waals surface area contributed by atoms with Gasteiger partial charge in [0.15, 0.2) is 5.16 Å². The molecule has 2 aromatic heterocycles. The molecule has 6 nitrogen and oxygen atoms in total. The molecule has 0 unspecified atom stereocenters. The van der Waals surface area contributed by atoms with Gasteiger partial charge in [-0.15, -0.1) is 0 Å². The lowest BCUT2D eigenvalue weighted by Gasteiger charge is -2.15. The lowest BCUT2D eigenvalue weighted by Crippen LogP contribution is -2.21. The smallest absolute Gasteiger partial charge is 0.231 e. The number of nitrogens with zero attached hydrogens (tertiary/aromatic N) is 4. The highest BCUT2D eigenvalue weighted by atomic mass is 32.2. The Labute approximate surface area is 115 Å². The minimum Gasteiger partial charge on any atom is -0.468 e. The first-order chi connectivity index (χ1) is 9.31. The van der Waals surface area contributed by atoms with Gasteiger partial charge in [0.1, 0.15) is 5.76 Å². The zero-order chi connectivity index (χ0) is 13.1. The van der Waals surface area contributed by atoms with Crippen molar-refractivity contribution in [3.05, 3.63) is 24.2 Å². The quantitative estimate of drug-likeness (QED) is 0.855. The first-order valence-corrected chi connectivity index (χ1v) is 7.21. The van der Waals surface area contributed by atoms with Gasteiger partial charge in [-0.05, 0) is 25.0 Å². The molecule has 2 aromatic rings. The van der Waals surface area contributed by atoms with E-state index in [9.17, 15) is 0 Å². The normalized spacial score (nSPS) is 15.1. The maximum Gasteiger partial charge on any atom is 0.231 e. The molecule has 3 heterocycles. The molecule has 0 atom stereocenters. The minimum atomic E-state index is 0.277. The molecule has 0 amide bonds. The predicted molar refractivity (Wildman–Crippen MR) is 74.0 cm³/mol. The van der Waals surface area contributed by atoms with Gasteiger partial charge in [-0.2, -0.15) is 15.0 Å². The molecule has 3 rings (SSSR count). The maximum atomic E-state index is 5.75. The van der Waals surface area contributed by atoms with Crippen LogP contribution in [-0.2, 0) is 5.75 Å². The molecule has 0 aromatic carbocycles. The molecule has 7 heteroatoms.